The van der Waals surface area contributed by atoms with Crippen molar-refractivity contribution >= 4 is 8.41 Å². The number of unbranched alkanes of at least 4 members (excludes halogenated alkanes) is 2. The summed E-state index contributed by atoms with van der Waals surface area (Å²) in [4.78, 5) is 0. The summed E-state index contributed by atoms with van der Waals surface area (Å²) in [6.45, 7) is 2.30. The number of benzene rings is 1. The molecule has 1 saturated carbocycles. The van der Waals surface area contributed by atoms with Crippen LogP contribution in [0.1, 0.15) is 69.8 Å². The van der Waals surface area contributed by atoms with Gasteiger partial charge in [-0.1, -0.05) is 62.9 Å². The van der Waals surface area contributed by atoms with Crippen molar-refractivity contribution in [2.75, 3.05) is 0 Å². The highest BCUT2D eigenvalue weighted by atomic mass is 14.3. The average molecular weight is 241 g/mol. The molecule has 0 spiro atoms. The highest BCUT2D eigenvalue weighted by Gasteiger charge is 2.21. The van der Waals surface area contributed by atoms with Gasteiger partial charge < -0.3 is 0 Å². The Morgan fingerprint density at radius 1 is 0.944 bits per heavy atom. The Bertz CT molecular complexity index is 299. The van der Waals surface area contributed by atoms with Crippen molar-refractivity contribution in [3.8, 4) is 0 Å². The van der Waals surface area contributed by atoms with Crippen molar-refractivity contribution in [3.05, 3.63) is 35.9 Å². The van der Waals surface area contributed by atoms with E-state index in [1.165, 1.54) is 51.4 Å². The summed E-state index contributed by atoms with van der Waals surface area (Å²) in [6, 6.07) is 11.1. The largest absolute Gasteiger partial charge is 0.0654 e. The molecule has 97 valence electrons. The van der Waals surface area contributed by atoms with Crippen LogP contribution in [0.3, 0.4) is 0 Å². The Kier molecular flexibility index (Phi) is 7.16. The van der Waals surface area contributed by atoms with Crippen molar-refractivity contribution in [1.82, 2.24) is 0 Å². The monoisotopic (exact) mass is 241 g/mol. The molecule has 0 bridgehead atoms. The van der Waals surface area contributed by atoms with Gasteiger partial charge in [-0.05, 0) is 43.1 Å². The molecule has 1 heteroatoms. The third-order valence-corrected chi connectivity index (χ3v) is 4.33. The lowest BCUT2D eigenvalue weighted by molar-refractivity contribution is 0.303. The van der Waals surface area contributed by atoms with Gasteiger partial charge >= 0.3 is 0 Å². The zero-order valence-electron chi connectivity index (χ0n) is 11.8. The number of rotatable bonds is 5. The molecule has 0 aliphatic heterocycles. The standard InChI is InChI=1S/C17H26.B/c1-2-3-5-8-15-11-13-17(14-12-15)16-9-6-4-7-10-16;/h4,6-7,9-10,15,17H,2-3,5,8,11-14H2,1H3;. The Morgan fingerprint density at radius 2 is 1.61 bits per heavy atom. The fourth-order valence-electron chi connectivity index (χ4n) is 3.19. The Labute approximate surface area is 115 Å². The molecule has 2 rings (SSSR count). The van der Waals surface area contributed by atoms with Crippen LogP contribution in [0, 0.1) is 5.92 Å². The lowest BCUT2D eigenvalue weighted by Gasteiger charge is -2.28. The quantitative estimate of drug-likeness (QED) is 0.493. The van der Waals surface area contributed by atoms with Gasteiger partial charge in [-0.2, -0.15) is 0 Å². The van der Waals surface area contributed by atoms with Crippen LogP contribution in [0.4, 0.5) is 0 Å². The first kappa shape index (κ1) is 15.3. The van der Waals surface area contributed by atoms with E-state index < -0.39 is 0 Å². The lowest BCUT2D eigenvalue weighted by Crippen LogP contribution is -2.13. The molecule has 0 unspecified atom stereocenters. The van der Waals surface area contributed by atoms with Gasteiger partial charge in [-0.25, -0.2) is 0 Å². The first-order valence-electron chi connectivity index (χ1n) is 7.45. The molecule has 0 aromatic heterocycles. The van der Waals surface area contributed by atoms with Crippen LogP contribution < -0.4 is 0 Å². The minimum atomic E-state index is 0. The highest BCUT2D eigenvalue weighted by molar-refractivity contribution is 5.75. The Balaban J connectivity index is 0.00000162. The maximum Gasteiger partial charge on any atom is 0 e. The van der Waals surface area contributed by atoms with E-state index in [9.17, 15) is 0 Å². The van der Waals surface area contributed by atoms with Gasteiger partial charge in [0, 0.05) is 8.41 Å². The predicted molar refractivity (Wildman–Crippen MR) is 81.0 cm³/mol. The molecule has 0 heterocycles. The summed E-state index contributed by atoms with van der Waals surface area (Å²) in [5, 5.41) is 0. The molecule has 0 amide bonds. The van der Waals surface area contributed by atoms with Crippen molar-refractivity contribution in [3.63, 3.8) is 0 Å². The van der Waals surface area contributed by atoms with Crippen LogP contribution >= 0.6 is 0 Å². The summed E-state index contributed by atoms with van der Waals surface area (Å²) in [6.07, 6.45) is 11.5. The van der Waals surface area contributed by atoms with E-state index >= 15 is 0 Å². The van der Waals surface area contributed by atoms with E-state index in [0.29, 0.717) is 0 Å². The van der Waals surface area contributed by atoms with E-state index in [1.54, 1.807) is 5.56 Å². The molecule has 3 radical (unpaired) electrons. The van der Waals surface area contributed by atoms with Gasteiger partial charge in [0.1, 0.15) is 0 Å². The molecule has 0 saturated heterocycles. The second-order valence-electron chi connectivity index (χ2n) is 5.62. The lowest BCUT2D eigenvalue weighted by atomic mass is 9.77. The van der Waals surface area contributed by atoms with Crippen molar-refractivity contribution in [1.29, 1.82) is 0 Å². The second-order valence-corrected chi connectivity index (χ2v) is 5.62. The SMILES string of the molecule is CCCCCC1CCC(c2ccccc2)CC1.[B]. The fourth-order valence-corrected chi connectivity index (χ4v) is 3.19. The van der Waals surface area contributed by atoms with Gasteiger partial charge in [0.05, 0.1) is 0 Å². The number of hydrogen-bond acceptors (Lipinski definition) is 0. The molecule has 1 aliphatic carbocycles. The molecule has 1 aliphatic rings. The van der Waals surface area contributed by atoms with Crippen LogP contribution in [-0.4, -0.2) is 8.41 Å². The molecule has 1 aromatic rings. The minimum absolute atomic E-state index is 0. The van der Waals surface area contributed by atoms with Gasteiger partial charge in [-0.15, -0.1) is 0 Å². The van der Waals surface area contributed by atoms with Crippen molar-refractivity contribution in [2.45, 2.75) is 64.2 Å². The summed E-state index contributed by atoms with van der Waals surface area (Å²) in [5.74, 6) is 1.88. The van der Waals surface area contributed by atoms with Crippen LogP contribution in [0.15, 0.2) is 30.3 Å². The molecule has 1 fully saturated rings. The van der Waals surface area contributed by atoms with Gasteiger partial charge in [-0.3, -0.25) is 0 Å². The number of hydrogen-bond donors (Lipinski definition) is 0. The van der Waals surface area contributed by atoms with Gasteiger partial charge in [0.15, 0.2) is 0 Å². The van der Waals surface area contributed by atoms with Crippen LogP contribution in [-0.2, 0) is 0 Å². The summed E-state index contributed by atoms with van der Waals surface area (Å²) in [7, 11) is 0. The van der Waals surface area contributed by atoms with Gasteiger partial charge in [0.2, 0.25) is 0 Å². The molecule has 0 nitrogen and oxygen atoms in total. The minimum Gasteiger partial charge on any atom is -0.0654 e. The average Bonchev–Trinajstić information content (AvgIpc) is 2.41. The van der Waals surface area contributed by atoms with E-state index in [0.717, 1.165) is 11.8 Å². The first-order valence-corrected chi connectivity index (χ1v) is 7.45. The van der Waals surface area contributed by atoms with E-state index in [-0.39, 0.29) is 8.41 Å². The Morgan fingerprint density at radius 3 is 2.22 bits per heavy atom. The summed E-state index contributed by atoms with van der Waals surface area (Å²) >= 11 is 0. The van der Waals surface area contributed by atoms with Crippen molar-refractivity contribution in [2.24, 2.45) is 5.92 Å². The zero-order chi connectivity index (χ0) is 11.9. The Hall–Kier alpha value is -0.715. The zero-order valence-corrected chi connectivity index (χ0v) is 11.8. The first-order chi connectivity index (χ1) is 8.40. The van der Waals surface area contributed by atoms with Crippen LogP contribution in [0.5, 0.6) is 0 Å². The third-order valence-electron chi connectivity index (χ3n) is 4.33. The summed E-state index contributed by atoms with van der Waals surface area (Å²) in [5.41, 5.74) is 1.57. The molecular weight excluding hydrogens is 215 g/mol. The molecule has 1 aromatic carbocycles. The van der Waals surface area contributed by atoms with Crippen LogP contribution in [0.25, 0.3) is 0 Å². The molecule has 18 heavy (non-hydrogen) atoms. The van der Waals surface area contributed by atoms with E-state index in [1.807, 2.05) is 0 Å². The molecule has 0 atom stereocenters. The topological polar surface area (TPSA) is 0 Å². The fraction of sp³-hybridized carbons (Fsp3) is 0.647. The van der Waals surface area contributed by atoms with Gasteiger partial charge in [0.25, 0.3) is 0 Å². The molecular formula is C17H26B. The predicted octanol–water partition coefficient (Wildman–Crippen LogP) is 5.16. The normalized spacial score (nSPS) is 23.4. The van der Waals surface area contributed by atoms with E-state index in [2.05, 4.69) is 37.3 Å². The smallest absolute Gasteiger partial charge is 0 e. The van der Waals surface area contributed by atoms with E-state index in [4.69, 9.17) is 0 Å². The summed E-state index contributed by atoms with van der Waals surface area (Å²) < 4.78 is 0. The maximum atomic E-state index is 2.31. The second kappa shape index (κ2) is 8.40. The van der Waals surface area contributed by atoms with Crippen molar-refractivity contribution < 1.29 is 0 Å². The maximum absolute atomic E-state index is 2.31. The molecule has 0 N–H and O–H groups in total. The third kappa shape index (κ3) is 4.51. The van der Waals surface area contributed by atoms with Crippen LogP contribution in [0.2, 0.25) is 0 Å². The highest BCUT2D eigenvalue weighted by Crippen LogP contribution is 2.37.